The highest BCUT2D eigenvalue weighted by molar-refractivity contribution is 7.94. The number of benzene rings is 3. The molecule has 280 valence electrons. The highest BCUT2D eigenvalue weighted by atomic mass is 32.2. The SMILES string of the molecule is COSc1ccccc1.C[N+](C)(C)CC1CCCCC1.Cc1c(-c2ccnn2-c2ccc(C#N)cc2)n(C(N)=O)c(=O)n1-c1cccc(C(F)(F)F)c1. The molecule has 3 aromatic carbocycles. The Morgan fingerprint density at radius 2 is 1.64 bits per heavy atom. The lowest BCUT2D eigenvalue weighted by Crippen LogP contribution is -2.39. The molecule has 0 radical (unpaired) electrons. The van der Waals surface area contributed by atoms with Gasteiger partial charge in [0.25, 0.3) is 0 Å². The van der Waals surface area contributed by atoms with Crippen LogP contribution in [0.25, 0.3) is 22.8 Å². The van der Waals surface area contributed by atoms with Gasteiger partial charge in [0.05, 0.1) is 81.0 Å². The number of aromatic nitrogens is 4. The zero-order valence-corrected chi connectivity index (χ0v) is 31.3. The van der Waals surface area contributed by atoms with Crippen LogP contribution in [0, 0.1) is 24.2 Å². The quantitative estimate of drug-likeness (QED) is 0.132. The van der Waals surface area contributed by atoms with E-state index in [9.17, 15) is 22.8 Å². The van der Waals surface area contributed by atoms with E-state index in [0.717, 1.165) is 32.0 Å². The Labute approximate surface area is 312 Å². The van der Waals surface area contributed by atoms with Crippen LogP contribution in [0.15, 0.2) is 101 Å². The Morgan fingerprint density at radius 1 is 0.981 bits per heavy atom. The van der Waals surface area contributed by atoms with Crippen LogP contribution >= 0.6 is 12.0 Å². The van der Waals surface area contributed by atoms with Crippen molar-refractivity contribution < 1.29 is 26.6 Å². The highest BCUT2D eigenvalue weighted by Crippen LogP contribution is 2.32. The number of carbonyl (C=O) groups excluding carboxylic acids is 1. The Hall–Kier alpha value is -5.10. The molecule has 0 atom stereocenters. The lowest BCUT2D eigenvalue weighted by Gasteiger charge is -2.31. The van der Waals surface area contributed by atoms with Crippen molar-refractivity contribution in [3.63, 3.8) is 0 Å². The summed E-state index contributed by atoms with van der Waals surface area (Å²) < 4.78 is 48.7. The van der Waals surface area contributed by atoms with Gasteiger partial charge in [-0.15, -0.1) is 0 Å². The van der Waals surface area contributed by atoms with Crippen molar-refractivity contribution in [2.75, 3.05) is 34.8 Å². The number of primary amides is 1. The molecule has 0 aliphatic heterocycles. The number of nitriles is 1. The van der Waals surface area contributed by atoms with Gasteiger partial charge in [0.1, 0.15) is 5.69 Å². The topological polar surface area (TPSA) is 121 Å². The van der Waals surface area contributed by atoms with Crippen molar-refractivity contribution in [2.45, 2.75) is 50.1 Å². The molecule has 2 heterocycles. The summed E-state index contributed by atoms with van der Waals surface area (Å²) in [7, 11) is 8.56. The number of hydrogen-bond donors (Lipinski definition) is 1. The van der Waals surface area contributed by atoms with E-state index in [4.69, 9.17) is 15.2 Å². The van der Waals surface area contributed by atoms with Gasteiger partial charge in [-0.3, -0.25) is 4.57 Å². The molecule has 0 bridgehead atoms. The molecule has 53 heavy (non-hydrogen) atoms. The highest BCUT2D eigenvalue weighted by Gasteiger charge is 2.32. The molecule has 10 nitrogen and oxygen atoms in total. The van der Waals surface area contributed by atoms with Gasteiger partial charge in [0.2, 0.25) is 0 Å². The van der Waals surface area contributed by atoms with Gasteiger partial charge in [0.15, 0.2) is 0 Å². The summed E-state index contributed by atoms with van der Waals surface area (Å²) in [5.41, 5.74) is 5.07. The van der Waals surface area contributed by atoms with Gasteiger partial charge >= 0.3 is 17.9 Å². The third-order valence-corrected chi connectivity index (χ3v) is 9.15. The second kappa shape index (κ2) is 18.1. The van der Waals surface area contributed by atoms with Crippen LogP contribution in [0.1, 0.15) is 48.9 Å². The third-order valence-electron chi connectivity index (χ3n) is 8.52. The minimum atomic E-state index is -4.61. The van der Waals surface area contributed by atoms with Crippen LogP contribution in [-0.2, 0) is 10.4 Å². The van der Waals surface area contributed by atoms with E-state index in [-0.39, 0.29) is 17.1 Å². The molecule has 2 N–H and O–H groups in total. The predicted octanol–water partition coefficient (Wildman–Crippen LogP) is 8.23. The Kier molecular flexibility index (Phi) is 13.9. The number of alkyl halides is 3. The van der Waals surface area contributed by atoms with Crippen molar-refractivity contribution in [3.05, 3.63) is 118 Å². The lowest BCUT2D eigenvalue weighted by molar-refractivity contribution is -0.874. The summed E-state index contributed by atoms with van der Waals surface area (Å²) in [6.45, 7) is 2.87. The van der Waals surface area contributed by atoms with E-state index >= 15 is 0 Å². The van der Waals surface area contributed by atoms with Crippen LogP contribution in [0.5, 0.6) is 0 Å². The molecule has 1 saturated carbocycles. The van der Waals surface area contributed by atoms with Crippen LogP contribution in [0.2, 0.25) is 0 Å². The zero-order valence-electron chi connectivity index (χ0n) is 30.5. The number of carbonyl (C=O) groups is 1. The Bertz CT molecular complexity index is 2050. The summed E-state index contributed by atoms with van der Waals surface area (Å²) in [5.74, 6) is 1.02. The number of nitrogens with two attached hydrogens (primary N) is 1. The Balaban J connectivity index is 0.000000254. The summed E-state index contributed by atoms with van der Waals surface area (Å²) in [6.07, 6.45) is 4.22. The van der Waals surface area contributed by atoms with E-state index in [1.807, 2.05) is 36.4 Å². The maximum absolute atomic E-state index is 13.2. The van der Waals surface area contributed by atoms with E-state index in [2.05, 4.69) is 26.2 Å². The first-order valence-electron chi connectivity index (χ1n) is 17.1. The van der Waals surface area contributed by atoms with E-state index in [0.29, 0.717) is 21.5 Å². The molecule has 14 heteroatoms. The summed E-state index contributed by atoms with van der Waals surface area (Å²) >= 11 is 1.38. The average Bonchev–Trinajstić information content (AvgIpc) is 3.70. The molecule has 1 amide bonds. The molecular weight excluding hydrogens is 704 g/mol. The molecule has 1 aliphatic carbocycles. The van der Waals surface area contributed by atoms with Crippen molar-refractivity contribution >= 4 is 18.1 Å². The van der Waals surface area contributed by atoms with E-state index < -0.39 is 23.5 Å². The molecule has 1 fully saturated rings. The van der Waals surface area contributed by atoms with Gasteiger partial charge in [-0.25, -0.2) is 18.8 Å². The molecule has 5 aromatic rings. The third kappa shape index (κ3) is 11.0. The average molecular weight is 749 g/mol. The lowest BCUT2D eigenvalue weighted by atomic mass is 9.89. The maximum atomic E-state index is 13.2. The number of nitrogens with zero attached hydrogens (tertiary/aromatic N) is 6. The molecule has 6 rings (SSSR count). The number of imidazole rings is 1. The van der Waals surface area contributed by atoms with Gasteiger partial charge in [0, 0.05) is 22.9 Å². The number of quaternary nitrogens is 1. The fourth-order valence-electron chi connectivity index (χ4n) is 6.32. The Morgan fingerprint density at radius 3 is 2.21 bits per heavy atom. The van der Waals surface area contributed by atoms with Crippen molar-refractivity contribution in [2.24, 2.45) is 11.7 Å². The van der Waals surface area contributed by atoms with Crippen molar-refractivity contribution in [1.29, 1.82) is 5.26 Å². The van der Waals surface area contributed by atoms with Crippen LogP contribution in [0.3, 0.4) is 0 Å². The first-order valence-corrected chi connectivity index (χ1v) is 17.8. The fourth-order valence-corrected chi connectivity index (χ4v) is 6.78. The van der Waals surface area contributed by atoms with Crippen LogP contribution < -0.4 is 11.4 Å². The summed E-state index contributed by atoms with van der Waals surface area (Å²) in [5, 5.41) is 13.2. The molecule has 0 spiro atoms. The normalized spacial score (nSPS) is 13.3. The smallest absolute Gasteiger partial charge is 0.351 e. The van der Waals surface area contributed by atoms with Gasteiger partial charge < -0.3 is 14.4 Å². The first kappa shape index (κ1) is 40.7. The number of amides is 1. The van der Waals surface area contributed by atoms with Crippen LogP contribution in [0.4, 0.5) is 18.0 Å². The molecular formula is C39H45F3N7O3S+. The van der Waals surface area contributed by atoms with Crippen LogP contribution in [-0.4, -0.2) is 64.2 Å². The largest absolute Gasteiger partial charge is 0.416 e. The molecule has 2 aromatic heterocycles. The van der Waals surface area contributed by atoms with Gasteiger partial charge in [-0.05, 0) is 80.4 Å². The van der Waals surface area contributed by atoms with Gasteiger partial charge in [-0.1, -0.05) is 43.5 Å². The number of rotatable bonds is 7. The fraction of sp³-hybridized carbons (Fsp3) is 0.333. The minimum absolute atomic E-state index is 0.0713. The van der Waals surface area contributed by atoms with E-state index in [1.54, 1.807) is 31.4 Å². The molecule has 0 unspecified atom stereocenters. The zero-order chi connectivity index (χ0) is 38.8. The molecule has 0 saturated heterocycles. The summed E-state index contributed by atoms with van der Waals surface area (Å²) in [6, 6.07) is 23.0. The second-order valence-electron chi connectivity index (χ2n) is 13.6. The predicted molar refractivity (Wildman–Crippen MR) is 201 cm³/mol. The maximum Gasteiger partial charge on any atom is 0.416 e. The minimum Gasteiger partial charge on any atom is -0.351 e. The monoisotopic (exact) mass is 748 g/mol. The number of halogens is 3. The number of hydrogen-bond acceptors (Lipinski definition) is 6. The summed E-state index contributed by atoms with van der Waals surface area (Å²) in [4.78, 5) is 26.5. The molecule has 1 aliphatic rings. The van der Waals surface area contributed by atoms with Crippen molar-refractivity contribution in [1.82, 2.24) is 18.9 Å². The first-order chi connectivity index (χ1) is 25.1. The van der Waals surface area contributed by atoms with Crippen molar-refractivity contribution in [3.8, 4) is 28.8 Å². The standard InChI is InChI=1S/C22H15F3N6O2.C10H22N.C7H8OS/c1-13-19(18-9-10-28-31(18)16-7-5-14(12-26)6-8-16)30(20(27)32)21(33)29(13)17-4-2-3-15(11-17)22(23,24)25;1-11(2,3)9-10-7-5-4-6-8-10;1-8-9-7-5-3-2-4-6-7/h2-11H,1H3,(H2,27,32);10H,4-9H2,1-3H3;2-6H,1H3/q;+1;. The second-order valence-corrected chi connectivity index (χ2v) is 14.6. The van der Waals surface area contributed by atoms with Gasteiger partial charge in [-0.2, -0.15) is 23.5 Å². The van der Waals surface area contributed by atoms with E-state index in [1.165, 1.54) is 86.7 Å².